The summed E-state index contributed by atoms with van der Waals surface area (Å²) >= 11 is 0. The second-order valence-electron chi connectivity index (χ2n) is 15.2. The van der Waals surface area contributed by atoms with Gasteiger partial charge in [-0.1, -0.05) is 48.5 Å². The Balaban J connectivity index is 0.850. The zero-order chi connectivity index (χ0) is 39.0. The van der Waals surface area contributed by atoms with Crippen LogP contribution in [0.2, 0.25) is 0 Å². The van der Waals surface area contributed by atoms with Crippen LogP contribution in [-0.2, 0) is 16.0 Å². The van der Waals surface area contributed by atoms with Gasteiger partial charge in [-0.25, -0.2) is 0 Å². The Morgan fingerprint density at radius 3 is 2.38 bits per heavy atom. The average molecular weight is 759 g/mol. The summed E-state index contributed by atoms with van der Waals surface area (Å²) in [6.07, 6.45) is 5.76. The maximum Gasteiger partial charge on any atom is 0.258 e. The molecule has 294 valence electrons. The van der Waals surface area contributed by atoms with Crippen LogP contribution in [-0.4, -0.2) is 91.7 Å². The van der Waals surface area contributed by atoms with E-state index in [1.807, 2.05) is 31.2 Å². The van der Waals surface area contributed by atoms with Crippen LogP contribution in [0.4, 0.5) is 5.69 Å². The van der Waals surface area contributed by atoms with Crippen molar-refractivity contribution in [1.82, 2.24) is 15.1 Å². The fraction of sp³-hybridized carbons (Fsp3) is 0.413. The topological polar surface area (TPSA) is 112 Å². The van der Waals surface area contributed by atoms with E-state index in [1.54, 1.807) is 13.2 Å². The summed E-state index contributed by atoms with van der Waals surface area (Å²) in [6, 6.07) is 30.3. The molecule has 0 spiro atoms. The summed E-state index contributed by atoms with van der Waals surface area (Å²) in [7, 11) is 1.56. The molecule has 4 aromatic carbocycles. The Morgan fingerprint density at radius 2 is 1.64 bits per heavy atom. The second-order valence-corrected chi connectivity index (χ2v) is 15.2. The first-order chi connectivity index (χ1) is 27.3. The van der Waals surface area contributed by atoms with E-state index in [4.69, 9.17) is 9.47 Å². The number of rotatable bonds is 14. The van der Waals surface area contributed by atoms with Gasteiger partial charge in [0.15, 0.2) is 0 Å². The van der Waals surface area contributed by atoms with Gasteiger partial charge < -0.3 is 24.4 Å². The number of nitrogens with one attached hydrogen (secondary N) is 1. The standard InChI is InChI=1S/C46H54N4O6/c1-3-50(41-22-23-43(52)47-45(41)53)46(54)40-20-15-35(31-42(40)55-2)49-27-25-48(26-28-49)24-8-5-9-29-56-37-17-12-33(13-18-37)44-38(32-10-6-4-7-11-32)19-14-34-30-36(51)16-21-39(34)44/h4,6-7,10-13,15-18,20-21,30-31,38,41,44,51H,3,5,8-9,14,19,22-29H2,1-2H3,(H,47,52,53)/t38-,41?,44+/m1/s1. The molecule has 3 aliphatic rings. The van der Waals surface area contributed by atoms with Crippen LogP contribution in [0.25, 0.3) is 0 Å². The predicted octanol–water partition coefficient (Wildman–Crippen LogP) is 6.90. The molecule has 56 heavy (non-hydrogen) atoms. The second kappa shape index (κ2) is 18.1. The smallest absolute Gasteiger partial charge is 0.258 e. The number of carbonyl (C=O) groups excluding carboxylic acids is 3. The summed E-state index contributed by atoms with van der Waals surface area (Å²) in [5.41, 5.74) is 6.58. The van der Waals surface area contributed by atoms with Crippen LogP contribution in [0.1, 0.15) is 89.9 Å². The van der Waals surface area contributed by atoms with Gasteiger partial charge in [0.2, 0.25) is 11.8 Å². The number of anilines is 1. The number of imide groups is 1. The molecule has 7 rings (SSSR count). The lowest BCUT2D eigenvalue weighted by Gasteiger charge is -2.36. The highest BCUT2D eigenvalue weighted by Crippen LogP contribution is 2.47. The molecule has 4 aromatic rings. The minimum Gasteiger partial charge on any atom is -0.508 e. The lowest BCUT2D eigenvalue weighted by Crippen LogP contribution is -2.54. The molecular weight excluding hydrogens is 705 g/mol. The van der Waals surface area contributed by atoms with Crippen molar-refractivity contribution < 1.29 is 29.0 Å². The minimum absolute atomic E-state index is 0.217. The lowest BCUT2D eigenvalue weighted by molar-refractivity contribution is -0.136. The van der Waals surface area contributed by atoms with E-state index in [0.717, 1.165) is 76.3 Å². The fourth-order valence-electron chi connectivity index (χ4n) is 8.78. The summed E-state index contributed by atoms with van der Waals surface area (Å²) in [5.74, 6) is 1.30. The van der Waals surface area contributed by atoms with Crippen molar-refractivity contribution in [2.75, 3.05) is 57.9 Å². The number of hydrogen-bond donors (Lipinski definition) is 2. The highest BCUT2D eigenvalue weighted by atomic mass is 16.5. The summed E-state index contributed by atoms with van der Waals surface area (Å²) < 4.78 is 11.8. The number of benzene rings is 4. The number of hydrogen-bond acceptors (Lipinski definition) is 8. The monoisotopic (exact) mass is 758 g/mol. The van der Waals surface area contributed by atoms with Crippen molar-refractivity contribution in [2.45, 2.75) is 69.7 Å². The summed E-state index contributed by atoms with van der Waals surface area (Å²) in [5, 5.41) is 12.5. The first-order valence-corrected chi connectivity index (χ1v) is 20.2. The van der Waals surface area contributed by atoms with Crippen LogP contribution >= 0.6 is 0 Å². The molecule has 2 heterocycles. The lowest BCUT2D eigenvalue weighted by atomic mass is 9.69. The van der Waals surface area contributed by atoms with Gasteiger partial charge in [0.05, 0.1) is 19.3 Å². The number of nitrogens with zero attached hydrogens (tertiary/aromatic N) is 3. The number of likely N-dealkylation sites (N-methyl/N-ethyl adjacent to an activating group) is 1. The van der Waals surface area contributed by atoms with E-state index in [9.17, 15) is 19.5 Å². The molecule has 0 aromatic heterocycles. The number of amides is 3. The quantitative estimate of drug-likeness (QED) is 0.106. The number of carbonyl (C=O) groups is 3. The molecule has 2 fully saturated rings. The number of phenolic OH excluding ortho intramolecular Hbond substituents is 1. The maximum absolute atomic E-state index is 13.6. The van der Waals surface area contributed by atoms with Crippen LogP contribution in [0, 0.1) is 0 Å². The number of phenols is 1. The Labute approximate surface area is 330 Å². The van der Waals surface area contributed by atoms with E-state index >= 15 is 0 Å². The van der Waals surface area contributed by atoms with Crippen molar-refractivity contribution in [1.29, 1.82) is 0 Å². The van der Waals surface area contributed by atoms with Gasteiger partial charge in [0.25, 0.3) is 5.91 Å². The van der Waals surface area contributed by atoms with E-state index in [2.05, 4.69) is 75.8 Å². The van der Waals surface area contributed by atoms with Crippen LogP contribution in [0.5, 0.6) is 17.2 Å². The van der Waals surface area contributed by atoms with Gasteiger partial charge in [0, 0.05) is 56.8 Å². The van der Waals surface area contributed by atoms with Crippen molar-refractivity contribution in [2.24, 2.45) is 0 Å². The number of aryl methyl sites for hydroxylation is 1. The summed E-state index contributed by atoms with van der Waals surface area (Å²) in [4.78, 5) is 44.1. The number of fused-ring (bicyclic) bond motifs is 1. The molecule has 2 N–H and O–H groups in total. The molecule has 1 aliphatic carbocycles. The molecule has 2 aliphatic heterocycles. The third kappa shape index (κ3) is 8.86. The molecule has 1 unspecified atom stereocenters. The van der Waals surface area contributed by atoms with E-state index < -0.39 is 11.9 Å². The normalized spacial score (nSPS) is 19.9. The number of piperazine rings is 1. The van der Waals surface area contributed by atoms with Crippen molar-refractivity contribution in [3.05, 3.63) is 119 Å². The van der Waals surface area contributed by atoms with Crippen molar-refractivity contribution in [3.63, 3.8) is 0 Å². The molecule has 2 saturated heterocycles. The predicted molar refractivity (Wildman–Crippen MR) is 218 cm³/mol. The SMILES string of the molecule is CCN(C(=O)c1ccc(N2CCN(CCCCCOc3ccc([C@@H]4c5ccc(O)cc5CC[C@@H]4c4ccccc4)cc3)CC2)cc1OC)C1CCC(=O)NC1=O. The number of ether oxygens (including phenoxy) is 2. The van der Waals surface area contributed by atoms with Gasteiger partial charge in [-0.3, -0.25) is 24.6 Å². The highest BCUT2D eigenvalue weighted by molar-refractivity contribution is 6.04. The molecule has 0 saturated carbocycles. The third-order valence-electron chi connectivity index (χ3n) is 11.8. The van der Waals surface area contributed by atoms with Gasteiger partial charge >= 0.3 is 0 Å². The number of unbranched alkanes of at least 4 members (excludes halogenated alkanes) is 2. The van der Waals surface area contributed by atoms with Crippen molar-refractivity contribution >= 4 is 23.4 Å². The highest BCUT2D eigenvalue weighted by Gasteiger charge is 2.35. The Morgan fingerprint density at radius 1 is 0.857 bits per heavy atom. The first kappa shape index (κ1) is 38.9. The molecule has 0 radical (unpaired) electrons. The van der Waals surface area contributed by atoms with Gasteiger partial charge in [-0.05, 0) is 117 Å². The first-order valence-electron chi connectivity index (χ1n) is 20.2. The van der Waals surface area contributed by atoms with Gasteiger partial charge in [-0.15, -0.1) is 0 Å². The molecule has 10 heteroatoms. The van der Waals surface area contributed by atoms with Gasteiger partial charge in [-0.2, -0.15) is 0 Å². The molecule has 3 atom stereocenters. The van der Waals surface area contributed by atoms with E-state index in [0.29, 0.717) is 42.6 Å². The minimum atomic E-state index is -0.675. The average Bonchev–Trinajstić information content (AvgIpc) is 3.23. The third-order valence-corrected chi connectivity index (χ3v) is 11.8. The van der Waals surface area contributed by atoms with Crippen LogP contribution in [0.3, 0.4) is 0 Å². The Bertz CT molecular complexity index is 1980. The molecular formula is C46H54N4O6. The number of piperidine rings is 1. The Kier molecular flexibility index (Phi) is 12.6. The van der Waals surface area contributed by atoms with E-state index in [1.165, 1.54) is 27.2 Å². The van der Waals surface area contributed by atoms with Crippen LogP contribution in [0.15, 0.2) is 91.0 Å². The number of methoxy groups -OCH3 is 1. The van der Waals surface area contributed by atoms with Gasteiger partial charge in [0.1, 0.15) is 23.3 Å². The molecule has 3 amide bonds. The number of aromatic hydroxyl groups is 1. The van der Waals surface area contributed by atoms with Crippen molar-refractivity contribution in [3.8, 4) is 17.2 Å². The largest absolute Gasteiger partial charge is 0.508 e. The fourth-order valence-corrected chi connectivity index (χ4v) is 8.78. The summed E-state index contributed by atoms with van der Waals surface area (Å²) in [6.45, 7) is 7.61. The molecule has 10 nitrogen and oxygen atoms in total. The van der Waals surface area contributed by atoms with E-state index in [-0.39, 0.29) is 24.2 Å². The Hall–Kier alpha value is -5.35. The zero-order valence-electron chi connectivity index (χ0n) is 32.6. The maximum atomic E-state index is 13.6. The zero-order valence-corrected chi connectivity index (χ0v) is 32.6. The molecule has 0 bridgehead atoms. The van der Waals surface area contributed by atoms with Crippen LogP contribution < -0.4 is 19.7 Å².